The molecule has 0 amide bonds. The molecule has 15 heavy (non-hydrogen) atoms. The molecule has 0 saturated heterocycles. The second-order valence-corrected chi connectivity index (χ2v) is 4.52. The van der Waals surface area contributed by atoms with Gasteiger partial charge in [-0.05, 0) is 43.9 Å². The van der Waals surface area contributed by atoms with Gasteiger partial charge in [0.15, 0.2) is 0 Å². The van der Waals surface area contributed by atoms with Gasteiger partial charge < -0.3 is 5.32 Å². The molecular weight excluding hydrogens is 184 g/mol. The van der Waals surface area contributed by atoms with Gasteiger partial charge in [0.2, 0.25) is 0 Å². The predicted octanol–water partition coefficient (Wildman–Crippen LogP) is 2.92. The zero-order valence-corrected chi connectivity index (χ0v) is 10.1. The standard InChI is InChI=1S/C13H22N2/c1-11(2)5-4-8-14-9-13-7-6-12(3)15-10-13/h6-7,10-11,14H,4-5,8-9H2,1-3H3. The molecule has 0 aliphatic heterocycles. The number of rotatable bonds is 6. The molecule has 0 atom stereocenters. The summed E-state index contributed by atoms with van der Waals surface area (Å²) >= 11 is 0. The first-order chi connectivity index (χ1) is 7.18. The van der Waals surface area contributed by atoms with Crippen molar-refractivity contribution in [3.05, 3.63) is 29.6 Å². The maximum absolute atomic E-state index is 4.27. The quantitative estimate of drug-likeness (QED) is 0.724. The maximum Gasteiger partial charge on any atom is 0.0372 e. The van der Waals surface area contributed by atoms with Gasteiger partial charge in [0.1, 0.15) is 0 Å². The normalized spacial score (nSPS) is 10.9. The molecule has 84 valence electrons. The average molecular weight is 206 g/mol. The van der Waals surface area contributed by atoms with Crippen LogP contribution in [0.1, 0.15) is 37.9 Å². The molecule has 0 aliphatic carbocycles. The third-order valence-corrected chi connectivity index (χ3v) is 2.44. The van der Waals surface area contributed by atoms with Crippen molar-refractivity contribution in [2.75, 3.05) is 6.54 Å². The van der Waals surface area contributed by atoms with Crippen LogP contribution in [0.2, 0.25) is 0 Å². The Hall–Kier alpha value is -0.890. The van der Waals surface area contributed by atoms with Crippen molar-refractivity contribution in [2.24, 2.45) is 5.92 Å². The molecule has 0 spiro atoms. The molecule has 0 aromatic carbocycles. The van der Waals surface area contributed by atoms with Crippen molar-refractivity contribution in [3.8, 4) is 0 Å². The molecule has 0 saturated carbocycles. The Morgan fingerprint density at radius 1 is 1.33 bits per heavy atom. The lowest BCUT2D eigenvalue weighted by Gasteiger charge is -2.06. The van der Waals surface area contributed by atoms with Crippen LogP contribution in [0.5, 0.6) is 0 Å². The van der Waals surface area contributed by atoms with Crippen molar-refractivity contribution >= 4 is 0 Å². The van der Waals surface area contributed by atoms with Crippen LogP contribution in [0.15, 0.2) is 18.3 Å². The molecule has 0 bridgehead atoms. The Morgan fingerprint density at radius 3 is 2.73 bits per heavy atom. The van der Waals surface area contributed by atoms with Gasteiger partial charge in [0.25, 0.3) is 0 Å². The number of hydrogen-bond donors (Lipinski definition) is 1. The van der Waals surface area contributed by atoms with Crippen LogP contribution in [0.4, 0.5) is 0 Å². The predicted molar refractivity (Wildman–Crippen MR) is 64.8 cm³/mol. The van der Waals surface area contributed by atoms with Crippen LogP contribution in [0.25, 0.3) is 0 Å². The van der Waals surface area contributed by atoms with Crippen LogP contribution in [0, 0.1) is 12.8 Å². The summed E-state index contributed by atoms with van der Waals surface area (Å²) in [5.41, 5.74) is 2.35. The fourth-order valence-electron chi connectivity index (χ4n) is 1.47. The highest BCUT2D eigenvalue weighted by Crippen LogP contribution is 2.02. The van der Waals surface area contributed by atoms with Crippen LogP contribution in [-0.2, 0) is 6.54 Å². The van der Waals surface area contributed by atoms with Gasteiger partial charge in [-0.15, -0.1) is 0 Å². The van der Waals surface area contributed by atoms with Crippen molar-refractivity contribution in [2.45, 2.75) is 40.2 Å². The largest absolute Gasteiger partial charge is 0.313 e. The van der Waals surface area contributed by atoms with Crippen LogP contribution < -0.4 is 5.32 Å². The first-order valence-electron chi connectivity index (χ1n) is 5.80. The van der Waals surface area contributed by atoms with Gasteiger partial charge in [-0.25, -0.2) is 0 Å². The Morgan fingerprint density at radius 2 is 2.13 bits per heavy atom. The molecule has 2 heteroatoms. The minimum Gasteiger partial charge on any atom is -0.313 e. The van der Waals surface area contributed by atoms with Crippen molar-refractivity contribution in [1.82, 2.24) is 10.3 Å². The SMILES string of the molecule is Cc1ccc(CNCCCC(C)C)cn1. The molecule has 0 aliphatic rings. The Labute approximate surface area is 93.1 Å². The maximum atomic E-state index is 4.27. The summed E-state index contributed by atoms with van der Waals surface area (Å²) in [6.07, 6.45) is 4.51. The van der Waals surface area contributed by atoms with Gasteiger partial charge >= 0.3 is 0 Å². The molecule has 1 rings (SSSR count). The van der Waals surface area contributed by atoms with E-state index in [4.69, 9.17) is 0 Å². The van der Waals surface area contributed by atoms with Crippen LogP contribution in [-0.4, -0.2) is 11.5 Å². The van der Waals surface area contributed by atoms with Gasteiger partial charge in [-0.1, -0.05) is 19.9 Å². The minimum atomic E-state index is 0.813. The van der Waals surface area contributed by atoms with Crippen molar-refractivity contribution < 1.29 is 0 Å². The lowest BCUT2D eigenvalue weighted by atomic mass is 10.1. The lowest BCUT2D eigenvalue weighted by molar-refractivity contribution is 0.527. The number of aryl methyl sites for hydroxylation is 1. The Bertz CT molecular complexity index is 264. The van der Waals surface area contributed by atoms with E-state index in [1.54, 1.807) is 0 Å². The third kappa shape index (κ3) is 5.53. The van der Waals surface area contributed by atoms with Gasteiger partial charge in [0, 0.05) is 18.4 Å². The second kappa shape index (κ2) is 6.57. The Kier molecular flexibility index (Phi) is 5.33. The number of aromatic nitrogens is 1. The summed E-state index contributed by atoms with van der Waals surface area (Å²) in [4.78, 5) is 4.27. The molecule has 0 fully saturated rings. The van der Waals surface area contributed by atoms with E-state index in [0.29, 0.717) is 0 Å². The van der Waals surface area contributed by atoms with Crippen LogP contribution in [0.3, 0.4) is 0 Å². The lowest BCUT2D eigenvalue weighted by Crippen LogP contribution is -2.15. The highest BCUT2D eigenvalue weighted by Gasteiger charge is 1.95. The van der Waals surface area contributed by atoms with E-state index < -0.39 is 0 Å². The fourth-order valence-corrected chi connectivity index (χ4v) is 1.47. The minimum absolute atomic E-state index is 0.813. The van der Waals surface area contributed by atoms with E-state index in [2.05, 4.69) is 36.3 Å². The van der Waals surface area contributed by atoms with Gasteiger partial charge in [0.05, 0.1) is 0 Å². The number of nitrogens with one attached hydrogen (secondary N) is 1. The molecule has 0 unspecified atom stereocenters. The Balaban J connectivity index is 2.12. The summed E-state index contributed by atoms with van der Waals surface area (Å²) in [5, 5.41) is 3.44. The zero-order chi connectivity index (χ0) is 11.1. The first-order valence-corrected chi connectivity index (χ1v) is 5.80. The van der Waals surface area contributed by atoms with Gasteiger partial charge in [-0.3, -0.25) is 4.98 Å². The van der Waals surface area contributed by atoms with Crippen molar-refractivity contribution in [1.29, 1.82) is 0 Å². The van der Waals surface area contributed by atoms with E-state index in [1.165, 1.54) is 18.4 Å². The topological polar surface area (TPSA) is 24.9 Å². The van der Waals surface area contributed by atoms with Gasteiger partial charge in [-0.2, -0.15) is 0 Å². The van der Waals surface area contributed by atoms with E-state index in [0.717, 1.165) is 24.7 Å². The highest BCUT2D eigenvalue weighted by molar-refractivity contribution is 5.12. The molecule has 2 nitrogen and oxygen atoms in total. The molecule has 1 N–H and O–H groups in total. The van der Waals surface area contributed by atoms with Crippen LogP contribution >= 0.6 is 0 Å². The summed E-state index contributed by atoms with van der Waals surface area (Å²) in [7, 11) is 0. The monoisotopic (exact) mass is 206 g/mol. The third-order valence-electron chi connectivity index (χ3n) is 2.44. The molecule has 1 heterocycles. The number of pyridine rings is 1. The fraction of sp³-hybridized carbons (Fsp3) is 0.615. The first kappa shape index (κ1) is 12.2. The second-order valence-electron chi connectivity index (χ2n) is 4.52. The number of hydrogen-bond acceptors (Lipinski definition) is 2. The number of nitrogens with zero attached hydrogens (tertiary/aromatic N) is 1. The molecule has 0 radical (unpaired) electrons. The van der Waals surface area contributed by atoms with E-state index >= 15 is 0 Å². The summed E-state index contributed by atoms with van der Waals surface area (Å²) in [5.74, 6) is 0.813. The summed E-state index contributed by atoms with van der Waals surface area (Å²) in [6.45, 7) is 8.59. The highest BCUT2D eigenvalue weighted by atomic mass is 14.8. The van der Waals surface area contributed by atoms with E-state index in [9.17, 15) is 0 Å². The molecule has 1 aromatic heterocycles. The summed E-state index contributed by atoms with van der Waals surface area (Å²) in [6, 6.07) is 4.20. The van der Waals surface area contributed by atoms with E-state index in [1.807, 2.05) is 13.1 Å². The molecular formula is C13H22N2. The average Bonchev–Trinajstić information content (AvgIpc) is 2.20. The summed E-state index contributed by atoms with van der Waals surface area (Å²) < 4.78 is 0. The smallest absolute Gasteiger partial charge is 0.0372 e. The molecule has 1 aromatic rings. The zero-order valence-electron chi connectivity index (χ0n) is 10.1. The van der Waals surface area contributed by atoms with E-state index in [-0.39, 0.29) is 0 Å². The van der Waals surface area contributed by atoms with Crippen molar-refractivity contribution in [3.63, 3.8) is 0 Å².